The molecule has 1 unspecified atom stereocenters. The lowest BCUT2D eigenvalue weighted by Crippen LogP contribution is -2.13. The van der Waals surface area contributed by atoms with Gasteiger partial charge in [-0.1, -0.05) is 23.7 Å². The van der Waals surface area contributed by atoms with Crippen LogP contribution >= 0.6 is 22.1 Å². The van der Waals surface area contributed by atoms with Crippen LogP contribution in [-0.4, -0.2) is 17.6 Å². The Labute approximate surface area is 129 Å². The van der Waals surface area contributed by atoms with Crippen molar-refractivity contribution < 1.29 is 14.3 Å². The van der Waals surface area contributed by atoms with Crippen molar-refractivity contribution in [3.05, 3.63) is 52.5 Å². The van der Waals surface area contributed by atoms with E-state index in [1.165, 1.54) is 0 Å². The van der Waals surface area contributed by atoms with Crippen LogP contribution in [-0.2, 0) is 4.79 Å². The van der Waals surface area contributed by atoms with Gasteiger partial charge in [-0.15, -0.1) is 0 Å². The van der Waals surface area contributed by atoms with Crippen molar-refractivity contribution in [3.63, 3.8) is 0 Å². The molecule has 5 heteroatoms. The molecule has 0 N–H and O–H groups in total. The number of hydrogen-bond donors (Lipinski definition) is 0. The van der Waals surface area contributed by atoms with E-state index in [0.29, 0.717) is 38.3 Å². The highest BCUT2D eigenvalue weighted by molar-refractivity contribution is 8.14. The molecule has 0 spiro atoms. The van der Waals surface area contributed by atoms with E-state index in [1.807, 2.05) is 18.2 Å². The molecule has 1 heterocycles. The molecule has 0 saturated carbocycles. The van der Waals surface area contributed by atoms with E-state index in [0.717, 1.165) is 0 Å². The number of ketones is 1. The second-order valence-corrected chi connectivity index (χ2v) is 6.52. The predicted octanol–water partition coefficient (Wildman–Crippen LogP) is 4.04. The molecular weight excluding hydrogens is 308 g/mol. The van der Waals surface area contributed by atoms with Crippen molar-refractivity contribution in [2.45, 2.75) is 16.7 Å². The Balaban J connectivity index is 2.37. The zero-order valence-electron chi connectivity index (χ0n) is 11.2. The monoisotopic (exact) mass is 318 g/mol. The molecule has 0 saturated heterocycles. The number of benzene rings is 2. The third-order valence-electron chi connectivity index (χ3n) is 3.21. The molecule has 1 atom stereocenters. The summed E-state index contributed by atoms with van der Waals surface area (Å²) in [5, 5.41) is 2.49. The molecule has 21 heavy (non-hydrogen) atoms. The molecule has 0 bridgehead atoms. The largest absolute Gasteiger partial charge is 0.493 e. The molecule has 2 aromatic rings. The molecule has 106 valence electrons. The molecule has 0 radical (unpaired) electrons. The van der Waals surface area contributed by atoms with Gasteiger partial charge in [0, 0.05) is 20.4 Å². The van der Waals surface area contributed by atoms with Crippen LogP contribution in [0.2, 0.25) is 5.02 Å². The van der Waals surface area contributed by atoms with E-state index in [2.05, 4.69) is 0 Å². The Morgan fingerprint density at radius 3 is 2.71 bits per heavy atom. The average Bonchev–Trinajstić information content (AvgIpc) is 2.48. The Kier molecular flexibility index (Phi) is 3.68. The second kappa shape index (κ2) is 5.49. The summed E-state index contributed by atoms with van der Waals surface area (Å²) in [5.74, 6) is 0.284. The van der Waals surface area contributed by atoms with Crippen LogP contribution in [0.15, 0.2) is 46.2 Å². The van der Waals surface area contributed by atoms with Gasteiger partial charge >= 0.3 is 0 Å². The first-order valence-corrected chi connectivity index (χ1v) is 7.99. The predicted molar refractivity (Wildman–Crippen MR) is 82.3 cm³/mol. The molecule has 3 rings (SSSR count). The molecule has 1 aliphatic heterocycles. The van der Waals surface area contributed by atoms with Gasteiger partial charge in [-0.3, -0.25) is 4.79 Å². The van der Waals surface area contributed by atoms with Crippen LogP contribution in [0.1, 0.15) is 22.8 Å². The zero-order valence-corrected chi connectivity index (χ0v) is 12.8. The molecule has 2 aromatic carbocycles. The van der Waals surface area contributed by atoms with Crippen LogP contribution in [0.3, 0.4) is 0 Å². The summed E-state index contributed by atoms with van der Waals surface area (Å²) in [6.07, 6.45) is 0. The first-order valence-electron chi connectivity index (χ1n) is 6.39. The highest BCUT2D eigenvalue weighted by Gasteiger charge is 2.30. The van der Waals surface area contributed by atoms with Crippen molar-refractivity contribution in [2.24, 2.45) is 0 Å². The van der Waals surface area contributed by atoms with Gasteiger partial charge in [0.25, 0.3) is 0 Å². The van der Waals surface area contributed by atoms with Crippen LogP contribution in [0.25, 0.3) is 0 Å². The van der Waals surface area contributed by atoms with Gasteiger partial charge in [0.2, 0.25) is 0 Å². The fourth-order valence-corrected chi connectivity index (χ4v) is 4.31. The first kappa shape index (κ1) is 14.1. The molecule has 1 aliphatic rings. The van der Waals surface area contributed by atoms with Crippen molar-refractivity contribution in [3.8, 4) is 5.75 Å². The molecule has 0 aromatic heterocycles. The Bertz CT molecular complexity index is 807. The maximum absolute atomic E-state index is 12.7. The van der Waals surface area contributed by atoms with Crippen LogP contribution in [0, 0.1) is 0 Å². The standard InChI is InChI=1S/C16H11ClO3S/c1-2-20-12-7-10(17)8-14-15(12)16(19)11-5-3-4-6-13(11)21(14)9-18/h3-8H,2H2,1H3. The Morgan fingerprint density at radius 2 is 2.00 bits per heavy atom. The van der Waals surface area contributed by atoms with E-state index in [4.69, 9.17) is 16.3 Å². The Hall–Kier alpha value is -1.87. The van der Waals surface area contributed by atoms with Crippen LogP contribution in [0.4, 0.5) is 0 Å². The summed E-state index contributed by atoms with van der Waals surface area (Å²) in [7, 11) is -0.937. The number of fused-ring (bicyclic) bond motifs is 2. The van der Waals surface area contributed by atoms with Crippen LogP contribution < -0.4 is 4.74 Å². The van der Waals surface area contributed by atoms with E-state index in [1.54, 1.807) is 30.3 Å². The second-order valence-electron chi connectivity index (χ2n) is 4.42. The van der Waals surface area contributed by atoms with Crippen molar-refractivity contribution in [2.75, 3.05) is 6.61 Å². The summed E-state index contributed by atoms with van der Waals surface area (Å²) < 4.78 is 5.53. The summed E-state index contributed by atoms with van der Waals surface area (Å²) >= 11 is 6.10. The fourth-order valence-electron chi connectivity index (χ4n) is 2.39. The highest BCUT2D eigenvalue weighted by Crippen LogP contribution is 2.48. The topological polar surface area (TPSA) is 43.4 Å². The fraction of sp³-hybridized carbons (Fsp3) is 0.125. The minimum absolute atomic E-state index is 0.139. The van der Waals surface area contributed by atoms with Gasteiger partial charge in [0.1, 0.15) is 5.75 Å². The first-order chi connectivity index (χ1) is 10.2. The number of hydrogen-bond acceptors (Lipinski definition) is 3. The van der Waals surface area contributed by atoms with Gasteiger partial charge in [0.05, 0.1) is 12.2 Å². The number of ether oxygens (including phenoxy) is 1. The zero-order chi connectivity index (χ0) is 15.0. The van der Waals surface area contributed by atoms with Gasteiger partial charge < -0.3 is 4.74 Å². The van der Waals surface area contributed by atoms with Crippen molar-refractivity contribution in [1.82, 2.24) is 0 Å². The lowest BCUT2D eigenvalue weighted by atomic mass is 10.0. The minimum atomic E-state index is -0.937. The summed E-state index contributed by atoms with van der Waals surface area (Å²) in [5.41, 5.74) is 0.951. The Morgan fingerprint density at radius 1 is 1.24 bits per heavy atom. The minimum Gasteiger partial charge on any atom is -0.493 e. The lowest BCUT2D eigenvalue weighted by Gasteiger charge is -2.22. The third-order valence-corrected chi connectivity index (χ3v) is 5.16. The van der Waals surface area contributed by atoms with Crippen molar-refractivity contribution >= 4 is 33.1 Å². The molecule has 3 nitrogen and oxygen atoms in total. The highest BCUT2D eigenvalue weighted by atomic mass is 35.5. The number of rotatable bonds is 2. The number of carbonyl (C=O) groups excluding carboxylic acids is 2. The van der Waals surface area contributed by atoms with Gasteiger partial charge in [0.15, 0.2) is 11.0 Å². The van der Waals surface area contributed by atoms with Crippen LogP contribution in [0.5, 0.6) is 5.75 Å². The molecule has 0 aliphatic carbocycles. The number of carbonyl (C=O) groups is 1. The number of halogens is 1. The van der Waals surface area contributed by atoms with Gasteiger partial charge in [-0.05, 0) is 41.7 Å². The summed E-state index contributed by atoms with van der Waals surface area (Å²) in [6, 6.07) is 10.4. The van der Waals surface area contributed by atoms with Gasteiger partial charge in [-0.2, -0.15) is 0 Å². The maximum atomic E-state index is 12.7. The van der Waals surface area contributed by atoms with E-state index < -0.39 is 10.5 Å². The van der Waals surface area contributed by atoms with Crippen molar-refractivity contribution in [1.29, 1.82) is 0 Å². The van der Waals surface area contributed by atoms with Gasteiger partial charge in [-0.25, -0.2) is 4.79 Å². The van der Waals surface area contributed by atoms with E-state index in [9.17, 15) is 9.59 Å². The van der Waals surface area contributed by atoms with E-state index in [-0.39, 0.29) is 5.78 Å². The quantitative estimate of drug-likeness (QED) is 0.670. The average molecular weight is 319 g/mol. The SMILES string of the molecule is CCOc1cc(Cl)cc2c1C(=O)c1ccccc1S2=C=O. The smallest absolute Gasteiger partial charge is 0.199 e. The summed E-state index contributed by atoms with van der Waals surface area (Å²) in [4.78, 5) is 25.5. The lowest BCUT2D eigenvalue weighted by molar-refractivity contribution is 0.102. The summed E-state index contributed by atoms with van der Waals surface area (Å²) in [6.45, 7) is 2.25. The third kappa shape index (κ3) is 2.22. The normalized spacial score (nSPS) is 15.9. The van der Waals surface area contributed by atoms with E-state index >= 15 is 0 Å². The molecule has 0 amide bonds. The molecule has 0 fully saturated rings. The maximum Gasteiger partial charge on any atom is 0.199 e. The molecular formula is C16H11ClO3S.